The van der Waals surface area contributed by atoms with Crippen LogP contribution in [0.1, 0.15) is 27.2 Å². The Balaban J connectivity index is 2.36. The van der Waals surface area contributed by atoms with Crippen LogP contribution in [0, 0.1) is 0 Å². The van der Waals surface area contributed by atoms with Crippen molar-refractivity contribution in [1.82, 2.24) is 15.5 Å². The van der Waals surface area contributed by atoms with E-state index in [1.54, 1.807) is 0 Å². The maximum atomic E-state index is 5.36. The molecule has 0 spiro atoms. The lowest BCUT2D eigenvalue weighted by Gasteiger charge is -2.31. The SMILES string of the molecule is CCCNC(=NCC(C)N1CCOCC1)NCC. The molecule has 1 rings (SSSR count). The van der Waals surface area contributed by atoms with Gasteiger partial charge in [-0.25, -0.2) is 0 Å². The minimum Gasteiger partial charge on any atom is -0.379 e. The predicted molar refractivity (Wildman–Crippen MR) is 76.1 cm³/mol. The second-order valence-corrected chi connectivity index (χ2v) is 4.64. The molecule has 1 saturated heterocycles. The van der Waals surface area contributed by atoms with E-state index in [1.807, 2.05) is 0 Å². The number of rotatable bonds is 6. The fourth-order valence-corrected chi connectivity index (χ4v) is 1.94. The smallest absolute Gasteiger partial charge is 0.191 e. The van der Waals surface area contributed by atoms with Crippen molar-refractivity contribution in [2.75, 3.05) is 45.9 Å². The van der Waals surface area contributed by atoms with Crippen molar-refractivity contribution in [1.29, 1.82) is 0 Å². The molecule has 5 nitrogen and oxygen atoms in total. The van der Waals surface area contributed by atoms with Gasteiger partial charge in [0.2, 0.25) is 0 Å². The Morgan fingerprint density at radius 3 is 2.61 bits per heavy atom. The molecule has 0 amide bonds. The first-order valence-corrected chi connectivity index (χ1v) is 7.11. The largest absolute Gasteiger partial charge is 0.379 e. The van der Waals surface area contributed by atoms with Crippen molar-refractivity contribution in [3.63, 3.8) is 0 Å². The van der Waals surface area contributed by atoms with E-state index in [2.05, 4.69) is 41.3 Å². The Hall–Kier alpha value is -0.810. The van der Waals surface area contributed by atoms with Gasteiger partial charge in [0.05, 0.1) is 19.8 Å². The molecular formula is C13H28N4O. The Bertz CT molecular complexity index is 239. The topological polar surface area (TPSA) is 48.9 Å². The molecule has 1 unspecified atom stereocenters. The zero-order valence-electron chi connectivity index (χ0n) is 12.0. The molecule has 1 heterocycles. The Morgan fingerprint density at radius 1 is 1.28 bits per heavy atom. The normalized spacial score (nSPS) is 19.6. The molecule has 1 aliphatic heterocycles. The summed E-state index contributed by atoms with van der Waals surface area (Å²) in [4.78, 5) is 7.08. The van der Waals surface area contributed by atoms with Crippen molar-refractivity contribution in [2.45, 2.75) is 33.2 Å². The van der Waals surface area contributed by atoms with E-state index >= 15 is 0 Å². The number of nitrogens with one attached hydrogen (secondary N) is 2. The van der Waals surface area contributed by atoms with Crippen molar-refractivity contribution < 1.29 is 4.74 Å². The predicted octanol–water partition coefficient (Wildman–Crippen LogP) is 0.672. The van der Waals surface area contributed by atoms with E-state index in [1.165, 1.54) is 0 Å². The van der Waals surface area contributed by atoms with Crippen molar-refractivity contribution in [3.05, 3.63) is 0 Å². The van der Waals surface area contributed by atoms with E-state index < -0.39 is 0 Å². The first-order valence-electron chi connectivity index (χ1n) is 7.11. The summed E-state index contributed by atoms with van der Waals surface area (Å²) in [5.74, 6) is 0.930. The minimum atomic E-state index is 0.478. The van der Waals surface area contributed by atoms with Gasteiger partial charge >= 0.3 is 0 Å². The van der Waals surface area contributed by atoms with Gasteiger partial charge in [-0.3, -0.25) is 9.89 Å². The van der Waals surface area contributed by atoms with Crippen LogP contribution >= 0.6 is 0 Å². The molecular weight excluding hydrogens is 228 g/mol. The molecule has 1 aliphatic rings. The van der Waals surface area contributed by atoms with Gasteiger partial charge in [-0.05, 0) is 20.3 Å². The maximum absolute atomic E-state index is 5.36. The summed E-state index contributed by atoms with van der Waals surface area (Å²) in [6.45, 7) is 12.9. The second kappa shape index (κ2) is 9.16. The van der Waals surface area contributed by atoms with Crippen LogP contribution in [0.2, 0.25) is 0 Å². The Labute approximate surface area is 111 Å². The number of hydrogen-bond acceptors (Lipinski definition) is 3. The summed E-state index contributed by atoms with van der Waals surface area (Å²) in [5.41, 5.74) is 0. The summed E-state index contributed by atoms with van der Waals surface area (Å²) in [6, 6.07) is 0.478. The molecule has 0 aliphatic carbocycles. The van der Waals surface area contributed by atoms with E-state index in [-0.39, 0.29) is 0 Å². The van der Waals surface area contributed by atoms with Crippen molar-refractivity contribution in [3.8, 4) is 0 Å². The minimum absolute atomic E-state index is 0.478. The highest BCUT2D eigenvalue weighted by molar-refractivity contribution is 5.79. The third-order valence-electron chi connectivity index (χ3n) is 3.07. The number of nitrogens with zero attached hydrogens (tertiary/aromatic N) is 2. The molecule has 0 radical (unpaired) electrons. The summed E-state index contributed by atoms with van der Waals surface area (Å²) in [6.07, 6.45) is 1.11. The molecule has 2 N–H and O–H groups in total. The average Bonchev–Trinajstić information content (AvgIpc) is 2.42. The summed E-state index contributed by atoms with van der Waals surface area (Å²) < 4.78 is 5.36. The van der Waals surface area contributed by atoms with Crippen LogP contribution < -0.4 is 10.6 Å². The highest BCUT2D eigenvalue weighted by Crippen LogP contribution is 2.03. The number of hydrogen-bond donors (Lipinski definition) is 2. The van der Waals surface area contributed by atoms with E-state index in [9.17, 15) is 0 Å². The highest BCUT2D eigenvalue weighted by Gasteiger charge is 2.16. The lowest BCUT2D eigenvalue weighted by atomic mass is 10.2. The van der Waals surface area contributed by atoms with E-state index in [0.717, 1.165) is 58.3 Å². The van der Waals surface area contributed by atoms with E-state index in [0.29, 0.717) is 6.04 Å². The van der Waals surface area contributed by atoms with E-state index in [4.69, 9.17) is 4.74 Å². The lowest BCUT2D eigenvalue weighted by molar-refractivity contribution is 0.0220. The Morgan fingerprint density at radius 2 is 2.00 bits per heavy atom. The van der Waals surface area contributed by atoms with Crippen molar-refractivity contribution in [2.24, 2.45) is 4.99 Å². The van der Waals surface area contributed by atoms with Crippen LogP contribution in [0.5, 0.6) is 0 Å². The van der Waals surface area contributed by atoms with Gasteiger partial charge in [0.25, 0.3) is 0 Å². The molecule has 1 atom stereocenters. The van der Waals surface area contributed by atoms with Gasteiger partial charge in [0.1, 0.15) is 0 Å². The molecule has 0 saturated carbocycles. The first kappa shape index (κ1) is 15.2. The van der Waals surface area contributed by atoms with Gasteiger partial charge < -0.3 is 15.4 Å². The molecule has 0 aromatic rings. The van der Waals surface area contributed by atoms with Crippen LogP contribution in [0.3, 0.4) is 0 Å². The molecule has 0 aromatic carbocycles. The molecule has 5 heteroatoms. The van der Waals surface area contributed by atoms with Gasteiger partial charge in [-0.1, -0.05) is 6.92 Å². The fourth-order valence-electron chi connectivity index (χ4n) is 1.94. The third kappa shape index (κ3) is 5.69. The van der Waals surface area contributed by atoms with Crippen LogP contribution in [0.4, 0.5) is 0 Å². The van der Waals surface area contributed by atoms with Gasteiger partial charge in [-0.15, -0.1) is 0 Å². The quantitative estimate of drug-likeness (QED) is 0.542. The zero-order valence-corrected chi connectivity index (χ0v) is 12.0. The second-order valence-electron chi connectivity index (χ2n) is 4.64. The van der Waals surface area contributed by atoms with Crippen LogP contribution in [0.25, 0.3) is 0 Å². The standard InChI is InChI=1S/C13H28N4O/c1-4-6-15-13(14-5-2)16-11-12(3)17-7-9-18-10-8-17/h12H,4-11H2,1-3H3,(H2,14,15,16). The average molecular weight is 256 g/mol. The molecule has 18 heavy (non-hydrogen) atoms. The number of guanidine groups is 1. The summed E-state index contributed by atoms with van der Waals surface area (Å²) in [7, 11) is 0. The highest BCUT2D eigenvalue weighted by atomic mass is 16.5. The number of aliphatic imine (C=N–C) groups is 1. The summed E-state index contributed by atoms with van der Waals surface area (Å²) >= 11 is 0. The summed E-state index contributed by atoms with van der Waals surface area (Å²) in [5, 5.41) is 6.60. The zero-order chi connectivity index (χ0) is 13.2. The lowest BCUT2D eigenvalue weighted by Crippen LogP contribution is -2.44. The van der Waals surface area contributed by atoms with Gasteiger partial charge in [0, 0.05) is 32.2 Å². The first-order chi connectivity index (χ1) is 8.77. The molecule has 1 fully saturated rings. The van der Waals surface area contributed by atoms with Crippen LogP contribution in [0.15, 0.2) is 4.99 Å². The molecule has 0 bridgehead atoms. The fraction of sp³-hybridized carbons (Fsp3) is 0.923. The maximum Gasteiger partial charge on any atom is 0.191 e. The van der Waals surface area contributed by atoms with Crippen molar-refractivity contribution >= 4 is 5.96 Å². The van der Waals surface area contributed by atoms with Crippen LogP contribution in [-0.2, 0) is 4.74 Å². The van der Waals surface area contributed by atoms with Gasteiger partial charge in [-0.2, -0.15) is 0 Å². The van der Waals surface area contributed by atoms with Crippen LogP contribution in [-0.4, -0.2) is 62.8 Å². The number of ether oxygens (including phenoxy) is 1. The van der Waals surface area contributed by atoms with Gasteiger partial charge in [0.15, 0.2) is 5.96 Å². The molecule has 0 aromatic heterocycles. The third-order valence-corrected chi connectivity index (χ3v) is 3.07. The molecule has 106 valence electrons. The Kier molecular flexibility index (Phi) is 7.76. The number of morpholine rings is 1. The monoisotopic (exact) mass is 256 g/mol.